The lowest BCUT2D eigenvalue weighted by Gasteiger charge is -2.42. The number of nitrogens with zero attached hydrogens (tertiary/aromatic N) is 2. The number of benzene rings is 1. The lowest BCUT2D eigenvalue weighted by Crippen LogP contribution is -2.59. The molecule has 0 saturated carbocycles. The van der Waals surface area contributed by atoms with Crippen LogP contribution in [0, 0.1) is 5.92 Å². The zero-order valence-electron chi connectivity index (χ0n) is 16.9. The topological polar surface area (TPSA) is 76.2 Å². The minimum absolute atomic E-state index is 0.0108. The molecule has 2 saturated heterocycles. The molecule has 0 spiro atoms. The maximum Gasteiger partial charge on any atom is 0.311 e. The molecule has 152 valence electrons. The highest BCUT2D eigenvalue weighted by atomic mass is 16.5. The molecule has 0 N–H and O–H groups in total. The van der Waals surface area contributed by atoms with Crippen LogP contribution in [0.1, 0.15) is 38.8 Å². The van der Waals surface area contributed by atoms with Gasteiger partial charge in [0, 0.05) is 13.2 Å². The molecule has 2 aliphatic rings. The van der Waals surface area contributed by atoms with E-state index in [4.69, 9.17) is 9.47 Å². The van der Waals surface area contributed by atoms with Crippen LogP contribution in [-0.2, 0) is 23.9 Å². The number of fused-ring (bicyclic) bond motifs is 1. The highest BCUT2D eigenvalue weighted by Crippen LogP contribution is 2.43. The summed E-state index contributed by atoms with van der Waals surface area (Å²) in [5.41, 5.74) is -0.0840. The summed E-state index contributed by atoms with van der Waals surface area (Å²) in [6, 6.07) is 8.94. The fraction of sp³-hybridized carbons (Fsp3) is 0.571. The second kappa shape index (κ2) is 7.91. The van der Waals surface area contributed by atoms with E-state index in [2.05, 4.69) is 0 Å². The number of ether oxygens (including phenoxy) is 2. The molecular formula is C21H28N2O5. The molecule has 1 aromatic rings. The molecule has 0 radical (unpaired) electrons. The molecule has 28 heavy (non-hydrogen) atoms. The van der Waals surface area contributed by atoms with Gasteiger partial charge in [-0.05, 0) is 32.8 Å². The smallest absolute Gasteiger partial charge is 0.311 e. The summed E-state index contributed by atoms with van der Waals surface area (Å²) >= 11 is 0. The van der Waals surface area contributed by atoms with E-state index in [1.807, 2.05) is 37.3 Å². The number of amides is 2. The van der Waals surface area contributed by atoms with Crippen LogP contribution in [-0.4, -0.2) is 66.0 Å². The van der Waals surface area contributed by atoms with Crippen molar-refractivity contribution in [2.45, 2.75) is 44.9 Å². The zero-order chi connectivity index (χ0) is 20.5. The Morgan fingerprint density at radius 3 is 2.50 bits per heavy atom. The van der Waals surface area contributed by atoms with Crippen LogP contribution < -0.4 is 0 Å². The number of piperazine rings is 1. The molecule has 0 bridgehead atoms. The molecule has 0 aromatic heterocycles. The zero-order valence-corrected chi connectivity index (χ0v) is 16.9. The molecule has 3 atom stereocenters. The summed E-state index contributed by atoms with van der Waals surface area (Å²) in [6.45, 7) is 6.06. The first-order chi connectivity index (χ1) is 13.3. The van der Waals surface area contributed by atoms with E-state index in [1.165, 1.54) is 7.11 Å². The second-order valence-corrected chi connectivity index (χ2v) is 7.80. The highest BCUT2D eigenvalue weighted by molar-refractivity contribution is 5.91. The molecule has 2 heterocycles. The van der Waals surface area contributed by atoms with Crippen molar-refractivity contribution in [1.29, 1.82) is 0 Å². The van der Waals surface area contributed by atoms with Crippen LogP contribution in [0.25, 0.3) is 0 Å². The minimum Gasteiger partial charge on any atom is -0.469 e. The van der Waals surface area contributed by atoms with Crippen molar-refractivity contribution in [2.24, 2.45) is 5.92 Å². The number of esters is 1. The van der Waals surface area contributed by atoms with Crippen molar-refractivity contribution < 1.29 is 23.9 Å². The number of carbonyl (C=O) groups excluding carboxylic acids is 3. The van der Waals surface area contributed by atoms with Crippen LogP contribution in [0.2, 0.25) is 0 Å². The van der Waals surface area contributed by atoms with Crippen LogP contribution in [0.15, 0.2) is 30.3 Å². The predicted octanol–water partition coefficient (Wildman–Crippen LogP) is 1.78. The van der Waals surface area contributed by atoms with Gasteiger partial charge in [0.05, 0.1) is 31.7 Å². The average molecular weight is 388 g/mol. The average Bonchev–Trinajstić information content (AvgIpc) is 3.07. The van der Waals surface area contributed by atoms with Gasteiger partial charge in [-0.1, -0.05) is 30.3 Å². The van der Waals surface area contributed by atoms with E-state index in [0.29, 0.717) is 19.6 Å². The third-order valence-corrected chi connectivity index (χ3v) is 5.60. The largest absolute Gasteiger partial charge is 0.469 e. The van der Waals surface area contributed by atoms with Crippen LogP contribution in [0.5, 0.6) is 0 Å². The van der Waals surface area contributed by atoms with Gasteiger partial charge in [0.2, 0.25) is 5.91 Å². The maximum absolute atomic E-state index is 13.1. The van der Waals surface area contributed by atoms with E-state index in [1.54, 1.807) is 23.6 Å². The first-order valence-electron chi connectivity index (χ1n) is 9.67. The third kappa shape index (κ3) is 3.63. The first-order valence-corrected chi connectivity index (χ1v) is 9.67. The van der Waals surface area contributed by atoms with Gasteiger partial charge in [0.1, 0.15) is 5.60 Å². The van der Waals surface area contributed by atoms with Crippen molar-refractivity contribution in [3.05, 3.63) is 35.9 Å². The lowest BCUT2D eigenvalue weighted by molar-refractivity contribution is -0.162. The van der Waals surface area contributed by atoms with Gasteiger partial charge in [-0.3, -0.25) is 14.4 Å². The van der Waals surface area contributed by atoms with Crippen LogP contribution in [0.4, 0.5) is 0 Å². The molecule has 7 nitrogen and oxygen atoms in total. The molecular weight excluding hydrogens is 360 g/mol. The Balaban J connectivity index is 1.88. The van der Waals surface area contributed by atoms with Gasteiger partial charge >= 0.3 is 5.97 Å². The Morgan fingerprint density at radius 2 is 1.89 bits per heavy atom. The fourth-order valence-corrected chi connectivity index (χ4v) is 4.42. The molecule has 0 aliphatic carbocycles. The fourth-order valence-electron chi connectivity index (χ4n) is 4.42. The molecule has 3 rings (SSSR count). The Labute approximate surface area is 165 Å². The highest BCUT2D eigenvalue weighted by Gasteiger charge is 2.52. The van der Waals surface area contributed by atoms with Crippen molar-refractivity contribution in [1.82, 2.24) is 9.80 Å². The number of rotatable bonds is 5. The van der Waals surface area contributed by atoms with E-state index in [9.17, 15) is 14.4 Å². The standard InChI is InChI=1S/C21H28N2O5/c1-5-28-21(2,3)20(26)22-12-15-11-16(19(25)27-4)18(23(15)17(24)13-22)14-9-7-6-8-10-14/h6-10,15-16,18H,5,11-13H2,1-4H3/t15-,16-,18-/m0/s1. The number of hydrogen-bond donors (Lipinski definition) is 0. The third-order valence-electron chi connectivity index (χ3n) is 5.60. The Kier molecular flexibility index (Phi) is 5.74. The van der Waals surface area contributed by atoms with E-state index < -0.39 is 11.5 Å². The molecule has 2 fully saturated rings. The van der Waals surface area contributed by atoms with Crippen molar-refractivity contribution in [3.8, 4) is 0 Å². The number of methoxy groups -OCH3 is 1. The summed E-state index contributed by atoms with van der Waals surface area (Å²) in [6.07, 6.45) is 0.469. The monoisotopic (exact) mass is 388 g/mol. The predicted molar refractivity (Wildman–Crippen MR) is 102 cm³/mol. The van der Waals surface area contributed by atoms with E-state index in [0.717, 1.165) is 5.56 Å². The molecule has 2 amide bonds. The van der Waals surface area contributed by atoms with Gasteiger partial charge < -0.3 is 19.3 Å². The summed E-state index contributed by atoms with van der Waals surface area (Å²) in [7, 11) is 1.37. The number of hydrogen-bond acceptors (Lipinski definition) is 5. The SMILES string of the molecule is CCOC(C)(C)C(=O)N1CC(=O)N2[C@@H](C[C@H](C(=O)OC)[C@@H]2c2ccccc2)C1. The summed E-state index contributed by atoms with van der Waals surface area (Å²) < 4.78 is 10.6. The summed E-state index contributed by atoms with van der Waals surface area (Å²) in [5, 5.41) is 0. The van der Waals surface area contributed by atoms with Crippen LogP contribution in [0.3, 0.4) is 0 Å². The summed E-state index contributed by atoms with van der Waals surface area (Å²) in [5.74, 6) is -1.14. The number of carbonyl (C=O) groups is 3. The van der Waals surface area contributed by atoms with Gasteiger partial charge in [-0.2, -0.15) is 0 Å². The van der Waals surface area contributed by atoms with Crippen LogP contribution >= 0.6 is 0 Å². The Hall–Kier alpha value is -2.41. The summed E-state index contributed by atoms with van der Waals surface area (Å²) in [4.78, 5) is 41.7. The molecule has 2 aliphatic heterocycles. The molecule has 7 heteroatoms. The first kappa shape index (κ1) is 20.3. The van der Waals surface area contributed by atoms with Gasteiger partial charge in [-0.15, -0.1) is 0 Å². The van der Waals surface area contributed by atoms with Gasteiger partial charge in [-0.25, -0.2) is 0 Å². The quantitative estimate of drug-likeness (QED) is 0.719. The molecule has 1 aromatic carbocycles. The van der Waals surface area contributed by atoms with Crippen molar-refractivity contribution in [3.63, 3.8) is 0 Å². The Morgan fingerprint density at radius 1 is 1.21 bits per heavy atom. The van der Waals surface area contributed by atoms with Gasteiger partial charge in [0.15, 0.2) is 0 Å². The minimum atomic E-state index is -0.990. The second-order valence-electron chi connectivity index (χ2n) is 7.80. The Bertz CT molecular complexity index is 748. The normalized spacial score (nSPS) is 24.9. The van der Waals surface area contributed by atoms with Crippen molar-refractivity contribution in [2.75, 3.05) is 26.8 Å². The van der Waals surface area contributed by atoms with E-state index >= 15 is 0 Å². The van der Waals surface area contributed by atoms with Gasteiger partial charge in [0.25, 0.3) is 5.91 Å². The molecule has 0 unspecified atom stereocenters. The van der Waals surface area contributed by atoms with Crippen molar-refractivity contribution >= 4 is 17.8 Å². The van der Waals surface area contributed by atoms with E-state index in [-0.39, 0.29) is 36.4 Å². The maximum atomic E-state index is 13.1. The lowest BCUT2D eigenvalue weighted by atomic mass is 9.93.